The highest BCUT2D eigenvalue weighted by atomic mass is 16.6. The maximum Gasteiger partial charge on any atom is 0.410 e. The Morgan fingerprint density at radius 2 is 1.96 bits per heavy atom. The van der Waals surface area contributed by atoms with Gasteiger partial charge in [-0.05, 0) is 51.9 Å². The number of carbonyl (C=O) groups is 1. The van der Waals surface area contributed by atoms with E-state index in [2.05, 4.69) is 34.3 Å². The average molecular weight is 388 g/mol. The molecular weight excluding hydrogens is 360 g/mol. The van der Waals surface area contributed by atoms with Gasteiger partial charge in [0.1, 0.15) is 11.4 Å². The van der Waals surface area contributed by atoms with Gasteiger partial charge < -0.3 is 24.4 Å². The van der Waals surface area contributed by atoms with Gasteiger partial charge in [-0.25, -0.2) is 9.78 Å². The second kappa shape index (κ2) is 8.04. The Morgan fingerprint density at radius 1 is 1.25 bits per heavy atom. The molecule has 0 saturated carbocycles. The Bertz CT molecular complexity index is 806. The molecule has 1 aliphatic rings. The lowest BCUT2D eigenvalue weighted by molar-refractivity contribution is 0.0240. The molecule has 9 heteroatoms. The number of nitrogens with one attached hydrogen (secondary N) is 1. The van der Waals surface area contributed by atoms with E-state index in [0.29, 0.717) is 38.0 Å². The van der Waals surface area contributed by atoms with E-state index in [-0.39, 0.29) is 12.1 Å². The quantitative estimate of drug-likeness (QED) is 0.854. The minimum atomic E-state index is -0.495. The number of amides is 1. The number of nitrogens with zero attached hydrogens (tertiary/aromatic N) is 5. The third-order valence-electron chi connectivity index (χ3n) is 4.07. The molecule has 9 nitrogen and oxygen atoms in total. The molecule has 1 aliphatic heterocycles. The summed E-state index contributed by atoms with van der Waals surface area (Å²) < 4.78 is 10.9. The van der Waals surface area contributed by atoms with Crippen molar-refractivity contribution in [1.29, 1.82) is 0 Å². The number of piperazine rings is 1. The van der Waals surface area contributed by atoms with Gasteiger partial charge in [0.05, 0.1) is 0 Å². The Labute approximate surface area is 165 Å². The number of aromatic nitrogens is 3. The van der Waals surface area contributed by atoms with Gasteiger partial charge in [-0.3, -0.25) is 0 Å². The van der Waals surface area contributed by atoms with Crippen molar-refractivity contribution in [3.63, 3.8) is 0 Å². The lowest BCUT2D eigenvalue weighted by Crippen LogP contribution is -2.50. The molecule has 1 fully saturated rings. The van der Waals surface area contributed by atoms with E-state index in [9.17, 15) is 4.79 Å². The molecule has 0 radical (unpaired) electrons. The second-order valence-corrected chi connectivity index (χ2v) is 8.08. The van der Waals surface area contributed by atoms with Crippen LogP contribution in [0.25, 0.3) is 11.5 Å². The summed E-state index contributed by atoms with van der Waals surface area (Å²) in [6, 6.07) is 4.00. The molecular formula is C19H28N6O3. The zero-order chi connectivity index (χ0) is 20.3. The summed E-state index contributed by atoms with van der Waals surface area (Å²) in [5.41, 5.74) is 0.314. The lowest BCUT2D eigenvalue weighted by atomic mass is 10.2. The summed E-state index contributed by atoms with van der Waals surface area (Å²) in [5.74, 6) is 1.73. The number of anilines is 2. The van der Waals surface area contributed by atoms with Crippen LogP contribution >= 0.6 is 0 Å². The molecule has 28 heavy (non-hydrogen) atoms. The predicted molar refractivity (Wildman–Crippen MR) is 106 cm³/mol. The van der Waals surface area contributed by atoms with Gasteiger partial charge >= 0.3 is 6.09 Å². The van der Waals surface area contributed by atoms with Crippen LogP contribution in [0.5, 0.6) is 0 Å². The van der Waals surface area contributed by atoms with Crippen LogP contribution in [0.15, 0.2) is 22.9 Å². The molecule has 1 amide bonds. The fourth-order valence-corrected chi connectivity index (χ4v) is 2.82. The molecule has 0 atom stereocenters. The van der Waals surface area contributed by atoms with Crippen molar-refractivity contribution in [2.45, 2.75) is 46.3 Å². The van der Waals surface area contributed by atoms with Crippen LogP contribution in [0, 0.1) is 0 Å². The number of rotatable bonds is 4. The van der Waals surface area contributed by atoms with E-state index in [0.717, 1.165) is 11.4 Å². The van der Waals surface area contributed by atoms with Crippen molar-refractivity contribution in [1.82, 2.24) is 20.0 Å². The Morgan fingerprint density at radius 3 is 2.61 bits per heavy atom. The molecule has 152 valence electrons. The third kappa shape index (κ3) is 5.11. The number of ether oxygens (including phenoxy) is 1. The molecule has 0 aromatic carbocycles. The maximum absolute atomic E-state index is 12.2. The molecule has 2 aromatic heterocycles. The van der Waals surface area contributed by atoms with E-state index in [1.54, 1.807) is 11.1 Å². The van der Waals surface area contributed by atoms with Crippen LogP contribution in [0.4, 0.5) is 16.6 Å². The van der Waals surface area contributed by atoms with Gasteiger partial charge in [0, 0.05) is 44.0 Å². The topological polar surface area (TPSA) is 96.6 Å². The second-order valence-electron chi connectivity index (χ2n) is 8.08. The van der Waals surface area contributed by atoms with Crippen molar-refractivity contribution >= 4 is 17.9 Å². The summed E-state index contributed by atoms with van der Waals surface area (Å²) in [5, 5.41) is 7.36. The number of pyridine rings is 1. The molecule has 0 aliphatic carbocycles. The highest BCUT2D eigenvalue weighted by Gasteiger charge is 2.27. The van der Waals surface area contributed by atoms with Crippen molar-refractivity contribution in [3.05, 3.63) is 18.3 Å². The van der Waals surface area contributed by atoms with Crippen molar-refractivity contribution in [3.8, 4) is 11.5 Å². The zero-order valence-electron chi connectivity index (χ0n) is 17.1. The minimum absolute atomic E-state index is 0.280. The zero-order valence-corrected chi connectivity index (χ0v) is 17.1. The fourth-order valence-electron chi connectivity index (χ4n) is 2.82. The summed E-state index contributed by atoms with van der Waals surface area (Å²) in [4.78, 5) is 24.7. The first-order valence-electron chi connectivity index (χ1n) is 9.51. The van der Waals surface area contributed by atoms with Crippen molar-refractivity contribution in [2.75, 3.05) is 36.4 Å². The molecule has 0 bridgehead atoms. The van der Waals surface area contributed by atoms with E-state index in [1.807, 2.05) is 37.8 Å². The molecule has 1 saturated heterocycles. The molecule has 1 N–H and O–H groups in total. The van der Waals surface area contributed by atoms with Crippen molar-refractivity contribution in [2.24, 2.45) is 0 Å². The summed E-state index contributed by atoms with van der Waals surface area (Å²) in [6.07, 6.45) is 1.42. The van der Waals surface area contributed by atoms with Gasteiger partial charge in [0.15, 0.2) is 0 Å². The Balaban J connectivity index is 1.62. The van der Waals surface area contributed by atoms with E-state index >= 15 is 0 Å². The monoisotopic (exact) mass is 388 g/mol. The van der Waals surface area contributed by atoms with Crippen LogP contribution in [0.3, 0.4) is 0 Å². The molecule has 3 rings (SSSR count). The fraction of sp³-hybridized carbons (Fsp3) is 0.579. The number of hydrogen-bond acceptors (Lipinski definition) is 8. The molecule has 3 heterocycles. The maximum atomic E-state index is 12.2. The van der Waals surface area contributed by atoms with E-state index < -0.39 is 5.60 Å². The normalized spacial score (nSPS) is 15.1. The molecule has 0 unspecified atom stereocenters. The largest absolute Gasteiger partial charge is 0.444 e. The standard InChI is InChI=1S/C19H28N6O3/c1-13(2)21-15-12-14(6-7-20-15)16-22-17(23-28-16)24-8-10-25(11-9-24)18(26)27-19(3,4)5/h6-7,12-13H,8-11H2,1-5H3,(H,20,21). The van der Waals surface area contributed by atoms with Gasteiger partial charge in [0.25, 0.3) is 11.8 Å². The van der Waals surface area contributed by atoms with Gasteiger partial charge in [-0.1, -0.05) is 0 Å². The van der Waals surface area contributed by atoms with E-state index in [1.165, 1.54) is 0 Å². The van der Waals surface area contributed by atoms with Gasteiger partial charge in [-0.2, -0.15) is 4.98 Å². The first-order valence-corrected chi connectivity index (χ1v) is 9.51. The predicted octanol–water partition coefficient (Wildman–Crippen LogP) is 3.01. The van der Waals surface area contributed by atoms with Crippen LogP contribution in [-0.2, 0) is 4.74 Å². The summed E-state index contributed by atoms with van der Waals surface area (Å²) >= 11 is 0. The van der Waals surface area contributed by atoms with Crippen LogP contribution in [0.2, 0.25) is 0 Å². The van der Waals surface area contributed by atoms with Crippen molar-refractivity contribution < 1.29 is 14.1 Å². The summed E-state index contributed by atoms with van der Waals surface area (Å²) in [7, 11) is 0. The van der Waals surface area contributed by atoms with Crippen LogP contribution in [0.1, 0.15) is 34.6 Å². The first-order chi connectivity index (χ1) is 13.2. The smallest absolute Gasteiger partial charge is 0.410 e. The summed E-state index contributed by atoms with van der Waals surface area (Å²) in [6.45, 7) is 12.0. The Hall–Kier alpha value is -2.84. The highest BCUT2D eigenvalue weighted by Crippen LogP contribution is 2.23. The minimum Gasteiger partial charge on any atom is -0.444 e. The highest BCUT2D eigenvalue weighted by molar-refractivity contribution is 5.68. The lowest BCUT2D eigenvalue weighted by Gasteiger charge is -2.34. The third-order valence-corrected chi connectivity index (χ3v) is 4.07. The van der Waals surface area contributed by atoms with Crippen LogP contribution in [-0.4, -0.2) is 63.9 Å². The Kier molecular flexibility index (Phi) is 5.71. The van der Waals surface area contributed by atoms with Crippen LogP contribution < -0.4 is 10.2 Å². The number of hydrogen-bond donors (Lipinski definition) is 1. The molecule has 0 spiro atoms. The van der Waals surface area contributed by atoms with Gasteiger partial charge in [-0.15, -0.1) is 0 Å². The first kappa shape index (κ1) is 19.9. The SMILES string of the molecule is CC(C)Nc1cc(-c2nc(N3CCN(C(=O)OC(C)(C)C)CC3)no2)ccn1. The van der Waals surface area contributed by atoms with Gasteiger partial charge in [0.2, 0.25) is 0 Å². The number of carbonyl (C=O) groups excluding carboxylic acids is 1. The average Bonchev–Trinajstić information content (AvgIpc) is 3.10. The molecule has 2 aromatic rings. The van der Waals surface area contributed by atoms with E-state index in [4.69, 9.17) is 9.26 Å².